The summed E-state index contributed by atoms with van der Waals surface area (Å²) in [5, 5.41) is 10.4. The van der Waals surface area contributed by atoms with Crippen molar-refractivity contribution in [1.29, 1.82) is 0 Å². The molecule has 8 heteroatoms. The predicted octanol–water partition coefficient (Wildman–Crippen LogP) is 3.67. The van der Waals surface area contributed by atoms with Crippen LogP contribution in [0.1, 0.15) is 23.6 Å². The number of hydrogen-bond donors (Lipinski definition) is 1. The summed E-state index contributed by atoms with van der Waals surface area (Å²) in [6.45, 7) is 2.45. The summed E-state index contributed by atoms with van der Waals surface area (Å²) >= 11 is 0. The van der Waals surface area contributed by atoms with E-state index in [9.17, 15) is 8.42 Å². The summed E-state index contributed by atoms with van der Waals surface area (Å²) in [6, 6.07) is 28.5. The summed E-state index contributed by atoms with van der Waals surface area (Å²) in [4.78, 5) is 0. The third kappa shape index (κ3) is 3.48. The lowest BCUT2D eigenvalue weighted by Gasteiger charge is -2.44. The van der Waals surface area contributed by atoms with Crippen molar-refractivity contribution in [3.05, 3.63) is 114 Å². The highest BCUT2D eigenvalue weighted by atomic mass is 32.2. The van der Waals surface area contributed by atoms with E-state index in [1.165, 1.54) is 10.5 Å². The molecule has 0 saturated carbocycles. The van der Waals surface area contributed by atoms with Gasteiger partial charge in [0.15, 0.2) is 0 Å². The summed E-state index contributed by atoms with van der Waals surface area (Å²) in [7, 11) is -4.33. The molecule has 5 rings (SSSR count). The minimum Gasteiger partial charge on any atom is -0.471 e. The zero-order valence-electron chi connectivity index (χ0n) is 18.1. The molecule has 1 aliphatic heterocycles. The lowest BCUT2D eigenvalue weighted by Crippen LogP contribution is -2.54. The molecular formula is C25H24N4O3S. The second-order valence-electron chi connectivity index (χ2n) is 8.06. The van der Waals surface area contributed by atoms with Crippen LogP contribution in [-0.2, 0) is 22.3 Å². The van der Waals surface area contributed by atoms with Crippen molar-refractivity contribution in [2.75, 3.05) is 4.31 Å². The number of benzene rings is 3. The zero-order valence-corrected chi connectivity index (χ0v) is 18.9. The number of nitrogens with zero attached hydrogens (tertiary/aromatic N) is 3. The molecule has 1 aliphatic rings. The minimum atomic E-state index is -4.33. The van der Waals surface area contributed by atoms with E-state index in [4.69, 9.17) is 9.88 Å². The molecule has 1 aromatic heterocycles. The Kier molecular flexibility index (Phi) is 5.19. The first kappa shape index (κ1) is 21.2. The molecule has 3 aromatic carbocycles. The third-order valence-electron chi connectivity index (χ3n) is 5.87. The van der Waals surface area contributed by atoms with Crippen LogP contribution in [0, 0.1) is 0 Å². The molecule has 168 valence electrons. The van der Waals surface area contributed by atoms with Crippen molar-refractivity contribution in [3.8, 4) is 5.88 Å². The fraction of sp³-hybridized carbons (Fsp3) is 0.160. The molecule has 0 aliphatic carbocycles. The Morgan fingerprint density at radius 3 is 1.79 bits per heavy atom. The van der Waals surface area contributed by atoms with Gasteiger partial charge < -0.3 is 4.74 Å². The average Bonchev–Trinajstić information content (AvgIpc) is 3.37. The van der Waals surface area contributed by atoms with Crippen LogP contribution in [0.4, 0.5) is 5.69 Å². The van der Waals surface area contributed by atoms with Gasteiger partial charge in [-0.05, 0) is 23.6 Å². The summed E-state index contributed by atoms with van der Waals surface area (Å²) < 4.78 is 35.9. The van der Waals surface area contributed by atoms with E-state index in [0.29, 0.717) is 18.1 Å². The minimum absolute atomic E-state index is 0.130. The van der Waals surface area contributed by atoms with Crippen LogP contribution >= 0.6 is 0 Å². The maximum atomic E-state index is 13.5. The monoisotopic (exact) mass is 460 g/mol. The van der Waals surface area contributed by atoms with E-state index < -0.39 is 15.7 Å². The highest BCUT2D eigenvalue weighted by molar-refractivity contribution is 7.90. The molecular weight excluding hydrogens is 436 g/mol. The largest absolute Gasteiger partial charge is 0.471 e. The van der Waals surface area contributed by atoms with Gasteiger partial charge in [0.1, 0.15) is 17.3 Å². The van der Waals surface area contributed by atoms with Gasteiger partial charge in [0, 0.05) is 0 Å². The molecule has 0 bridgehead atoms. The van der Waals surface area contributed by atoms with Gasteiger partial charge in [0.25, 0.3) is 0 Å². The van der Waals surface area contributed by atoms with Crippen molar-refractivity contribution in [2.45, 2.75) is 25.1 Å². The molecule has 0 saturated heterocycles. The zero-order chi connectivity index (χ0) is 23.1. The topological polar surface area (TPSA) is 90.5 Å². The first-order valence-corrected chi connectivity index (χ1v) is 12.1. The number of hydrogen-bond acceptors (Lipinski definition) is 4. The van der Waals surface area contributed by atoms with Crippen LogP contribution in [-0.4, -0.2) is 24.3 Å². The summed E-state index contributed by atoms with van der Waals surface area (Å²) in [5.74, 6) is 0.378. The van der Waals surface area contributed by atoms with E-state index >= 15 is 0 Å². The van der Waals surface area contributed by atoms with Crippen molar-refractivity contribution < 1.29 is 13.2 Å². The molecule has 2 N–H and O–H groups in total. The first-order valence-electron chi connectivity index (χ1n) is 10.6. The Morgan fingerprint density at radius 2 is 1.36 bits per heavy atom. The van der Waals surface area contributed by atoms with Gasteiger partial charge in [-0.25, -0.2) is 14.1 Å². The number of ether oxygens (including phenoxy) is 1. The molecule has 2 heterocycles. The second-order valence-corrected chi connectivity index (χ2v) is 9.46. The van der Waals surface area contributed by atoms with Crippen LogP contribution in [0.15, 0.2) is 97.2 Å². The fourth-order valence-corrected chi connectivity index (χ4v) is 5.72. The Morgan fingerprint density at radius 1 is 0.909 bits per heavy atom. The van der Waals surface area contributed by atoms with Gasteiger partial charge in [-0.3, -0.25) is 0 Å². The van der Waals surface area contributed by atoms with E-state index in [2.05, 4.69) is 5.10 Å². The van der Waals surface area contributed by atoms with E-state index in [-0.39, 0.29) is 6.10 Å². The molecule has 33 heavy (non-hydrogen) atoms. The number of rotatable bonds is 6. The van der Waals surface area contributed by atoms with Crippen LogP contribution in [0.2, 0.25) is 0 Å². The Bertz CT molecular complexity index is 1260. The normalized spacial score (nSPS) is 15.6. The maximum Gasteiger partial charge on any atom is 0.300 e. The van der Waals surface area contributed by atoms with Crippen molar-refractivity contribution in [3.63, 3.8) is 0 Å². The molecule has 1 atom stereocenters. The van der Waals surface area contributed by atoms with Crippen LogP contribution < -0.4 is 14.2 Å². The van der Waals surface area contributed by atoms with Gasteiger partial charge in [-0.2, -0.15) is 13.5 Å². The van der Waals surface area contributed by atoms with E-state index in [0.717, 1.165) is 16.7 Å². The van der Waals surface area contributed by atoms with Crippen LogP contribution in [0.25, 0.3) is 0 Å². The van der Waals surface area contributed by atoms with Crippen LogP contribution in [0.3, 0.4) is 0 Å². The first-order chi connectivity index (χ1) is 15.9. The molecule has 0 amide bonds. The van der Waals surface area contributed by atoms with Gasteiger partial charge in [0.05, 0.1) is 12.7 Å². The van der Waals surface area contributed by atoms with E-state index in [1.54, 1.807) is 4.68 Å². The molecule has 4 aromatic rings. The molecule has 0 spiro atoms. The molecule has 1 unspecified atom stereocenters. The number of anilines is 1. The van der Waals surface area contributed by atoms with Gasteiger partial charge in [-0.15, -0.1) is 0 Å². The summed E-state index contributed by atoms with van der Waals surface area (Å²) in [6.07, 6.45) is 1.38. The summed E-state index contributed by atoms with van der Waals surface area (Å²) in [5.41, 5.74) is 1.20. The van der Waals surface area contributed by atoms with Gasteiger partial charge >= 0.3 is 10.2 Å². The maximum absolute atomic E-state index is 13.5. The van der Waals surface area contributed by atoms with Crippen molar-refractivity contribution >= 4 is 15.9 Å². The van der Waals surface area contributed by atoms with Crippen molar-refractivity contribution in [2.24, 2.45) is 5.14 Å². The number of aromatic nitrogens is 2. The Hall–Kier alpha value is -3.62. The third-order valence-corrected chi connectivity index (χ3v) is 6.85. The SMILES string of the molecule is CC1Cn2ncc(N(C(c3ccccc3)(c3ccccc3)c3ccccc3)S(N)(=O)=O)c2O1. The lowest BCUT2D eigenvalue weighted by atomic mass is 9.76. The predicted molar refractivity (Wildman–Crippen MR) is 127 cm³/mol. The quantitative estimate of drug-likeness (QED) is 0.445. The molecule has 7 nitrogen and oxygen atoms in total. The second kappa shape index (κ2) is 8.06. The lowest BCUT2D eigenvalue weighted by molar-refractivity contribution is 0.253. The van der Waals surface area contributed by atoms with E-state index in [1.807, 2.05) is 97.9 Å². The fourth-order valence-electron chi connectivity index (χ4n) is 4.62. The number of fused-ring (bicyclic) bond motifs is 1. The standard InChI is InChI=1S/C25H24N4O3S/c1-19-18-28-24(32-19)23(17-27-28)29(33(26,30)31)25(20-11-5-2-6-12-20,21-13-7-3-8-14-21)22-15-9-4-10-16-22/h2-17,19H,18H2,1H3,(H2,26,30,31). The smallest absolute Gasteiger partial charge is 0.300 e. The number of nitrogens with two attached hydrogens (primary N) is 1. The van der Waals surface area contributed by atoms with Gasteiger partial charge in [0.2, 0.25) is 5.88 Å². The molecule has 0 fully saturated rings. The van der Waals surface area contributed by atoms with Gasteiger partial charge in [-0.1, -0.05) is 91.0 Å². The average molecular weight is 461 g/mol. The van der Waals surface area contributed by atoms with Crippen molar-refractivity contribution in [1.82, 2.24) is 9.78 Å². The Balaban J connectivity index is 1.93. The highest BCUT2D eigenvalue weighted by Gasteiger charge is 2.49. The van der Waals surface area contributed by atoms with Crippen LogP contribution in [0.5, 0.6) is 5.88 Å². The highest BCUT2D eigenvalue weighted by Crippen LogP contribution is 2.48. The molecule has 0 radical (unpaired) electrons. The Labute approximate surface area is 193 Å².